The van der Waals surface area contributed by atoms with Crippen molar-refractivity contribution in [3.63, 3.8) is 0 Å². The molecule has 0 aliphatic heterocycles. The summed E-state index contributed by atoms with van der Waals surface area (Å²) in [6.45, 7) is 5.97. The van der Waals surface area contributed by atoms with Crippen LogP contribution in [0.4, 0.5) is 0 Å². The quantitative estimate of drug-likeness (QED) is 0.567. The van der Waals surface area contributed by atoms with Crippen LogP contribution in [0.3, 0.4) is 0 Å². The first-order valence-electron chi connectivity index (χ1n) is 7.38. The van der Waals surface area contributed by atoms with E-state index in [9.17, 15) is 4.79 Å². The van der Waals surface area contributed by atoms with Gasteiger partial charge in [-0.15, -0.1) is 0 Å². The Morgan fingerprint density at radius 2 is 1.89 bits per heavy atom. The Kier molecular flexibility index (Phi) is 7.02. The molecule has 106 valence electrons. The minimum atomic E-state index is -0.216. The van der Waals surface area contributed by atoms with Gasteiger partial charge in [-0.25, -0.2) is 0 Å². The van der Waals surface area contributed by atoms with Gasteiger partial charge in [-0.3, -0.25) is 4.79 Å². The molecule has 1 N–H and O–H groups in total. The van der Waals surface area contributed by atoms with Crippen molar-refractivity contribution in [2.45, 2.75) is 58.4 Å². The first-order chi connectivity index (χ1) is 9.21. The minimum absolute atomic E-state index is 0.216. The van der Waals surface area contributed by atoms with E-state index in [0.717, 1.165) is 38.8 Å². The number of hydrogen-bond acceptors (Lipinski definition) is 3. The van der Waals surface area contributed by atoms with Gasteiger partial charge in [0.25, 0.3) is 5.91 Å². The third-order valence-electron chi connectivity index (χ3n) is 3.39. The Bertz CT molecular complexity index is 345. The van der Waals surface area contributed by atoms with Gasteiger partial charge in [0.05, 0.1) is 0 Å². The molecule has 19 heavy (non-hydrogen) atoms. The predicted molar refractivity (Wildman–Crippen MR) is 76.2 cm³/mol. The lowest BCUT2D eigenvalue weighted by atomic mass is 10.2. The van der Waals surface area contributed by atoms with Gasteiger partial charge in [-0.1, -0.05) is 26.7 Å². The molecule has 0 saturated heterocycles. The van der Waals surface area contributed by atoms with Crippen LogP contribution in [0.5, 0.6) is 0 Å². The third kappa shape index (κ3) is 5.34. The Labute approximate surface area is 116 Å². The third-order valence-corrected chi connectivity index (χ3v) is 3.39. The maximum atomic E-state index is 12.0. The molecule has 0 unspecified atom stereocenters. The van der Waals surface area contributed by atoms with Gasteiger partial charge < -0.3 is 10.2 Å². The Morgan fingerprint density at radius 3 is 2.37 bits per heavy atom. The van der Waals surface area contributed by atoms with Gasteiger partial charge in [0, 0.05) is 25.3 Å². The summed E-state index contributed by atoms with van der Waals surface area (Å²) in [5.41, 5.74) is 0.230. The Morgan fingerprint density at radius 1 is 1.32 bits per heavy atom. The minimum Gasteiger partial charge on any atom is -0.376 e. The summed E-state index contributed by atoms with van der Waals surface area (Å²) in [4.78, 5) is 14.1. The number of nitriles is 1. The molecule has 0 spiro atoms. The standard InChI is InChI=1S/C15H25N3O/c1-3-9-18(10-4-2)12-13(11-16)15(19)17-14-7-5-6-8-14/h12,14H,3-10H2,1-2H3,(H,17,19)/b13-12-. The summed E-state index contributed by atoms with van der Waals surface area (Å²) in [7, 11) is 0. The number of rotatable bonds is 7. The van der Waals surface area contributed by atoms with Crippen LogP contribution in [-0.2, 0) is 4.79 Å². The van der Waals surface area contributed by atoms with Crippen LogP contribution in [-0.4, -0.2) is 29.9 Å². The van der Waals surface area contributed by atoms with Crippen molar-refractivity contribution in [2.75, 3.05) is 13.1 Å². The van der Waals surface area contributed by atoms with Crippen LogP contribution < -0.4 is 5.32 Å². The van der Waals surface area contributed by atoms with E-state index in [-0.39, 0.29) is 17.5 Å². The maximum Gasteiger partial charge on any atom is 0.263 e. The molecule has 1 aliphatic carbocycles. The molecule has 4 heteroatoms. The van der Waals surface area contributed by atoms with E-state index >= 15 is 0 Å². The van der Waals surface area contributed by atoms with Crippen molar-refractivity contribution >= 4 is 5.91 Å². The first kappa shape index (κ1) is 15.6. The van der Waals surface area contributed by atoms with E-state index in [4.69, 9.17) is 5.26 Å². The smallest absolute Gasteiger partial charge is 0.263 e. The lowest BCUT2D eigenvalue weighted by molar-refractivity contribution is -0.117. The highest BCUT2D eigenvalue weighted by molar-refractivity contribution is 5.97. The predicted octanol–water partition coefficient (Wildman–Crippen LogP) is 2.57. The van der Waals surface area contributed by atoms with Crippen LogP contribution in [0, 0.1) is 11.3 Å². The van der Waals surface area contributed by atoms with E-state index in [0.29, 0.717) is 0 Å². The number of carbonyl (C=O) groups is 1. The number of nitrogens with zero attached hydrogens (tertiary/aromatic N) is 2. The molecule has 4 nitrogen and oxygen atoms in total. The van der Waals surface area contributed by atoms with E-state index in [2.05, 4.69) is 24.1 Å². The normalized spacial score (nSPS) is 16.2. The highest BCUT2D eigenvalue weighted by Crippen LogP contribution is 2.18. The zero-order valence-corrected chi connectivity index (χ0v) is 12.1. The Balaban J connectivity index is 2.62. The number of amides is 1. The van der Waals surface area contributed by atoms with Crippen molar-refractivity contribution in [3.8, 4) is 6.07 Å². The SMILES string of the molecule is CCCN(/C=C(/C#N)C(=O)NC1CCCC1)CCC. The van der Waals surface area contributed by atoms with Crippen molar-refractivity contribution in [1.82, 2.24) is 10.2 Å². The zero-order valence-electron chi connectivity index (χ0n) is 12.1. The molecule has 0 aromatic heterocycles. The lowest BCUT2D eigenvalue weighted by Crippen LogP contribution is -2.34. The molecule has 1 saturated carbocycles. The summed E-state index contributed by atoms with van der Waals surface area (Å²) in [6, 6.07) is 2.29. The highest BCUT2D eigenvalue weighted by atomic mass is 16.1. The van der Waals surface area contributed by atoms with E-state index < -0.39 is 0 Å². The first-order valence-corrected chi connectivity index (χ1v) is 7.38. The molecule has 1 amide bonds. The molecule has 0 aromatic rings. The van der Waals surface area contributed by atoms with Gasteiger partial charge in [0.2, 0.25) is 0 Å². The molecule has 1 fully saturated rings. The van der Waals surface area contributed by atoms with Gasteiger partial charge in [-0.05, 0) is 25.7 Å². The van der Waals surface area contributed by atoms with Gasteiger partial charge in [-0.2, -0.15) is 5.26 Å². The second-order valence-corrected chi connectivity index (χ2v) is 5.15. The second kappa shape index (κ2) is 8.58. The summed E-state index contributed by atoms with van der Waals surface area (Å²) in [5, 5.41) is 12.1. The van der Waals surface area contributed by atoms with Crippen LogP contribution in [0.15, 0.2) is 11.8 Å². The van der Waals surface area contributed by atoms with Crippen LogP contribution in [0.2, 0.25) is 0 Å². The fourth-order valence-electron chi connectivity index (χ4n) is 2.47. The molecule has 1 rings (SSSR count). The van der Waals surface area contributed by atoms with E-state index in [1.165, 1.54) is 12.8 Å². The molecule has 0 radical (unpaired) electrons. The number of nitrogens with one attached hydrogen (secondary N) is 1. The summed E-state index contributed by atoms with van der Waals surface area (Å²) >= 11 is 0. The number of hydrogen-bond donors (Lipinski definition) is 1. The van der Waals surface area contributed by atoms with E-state index in [1.54, 1.807) is 6.20 Å². The molecular formula is C15H25N3O. The monoisotopic (exact) mass is 263 g/mol. The summed E-state index contributed by atoms with van der Waals surface area (Å²) in [5.74, 6) is -0.216. The fraction of sp³-hybridized carbons (Fsp3) is 0.733. The average molecular weight is 263 g/mol. The largest absolute Gasteiger partial charge is 0.376 e. The lowest BCUT2D eigenvalue weighted by Gasteiger charge is -2.19. The molecule has 0 aromatic carbocycles. The highest BCUT2D eigenvalue weighted by Gasteiger charge is 2.19. The molecular weight excluding hydrogens is 238 g/mol. The van der Waals surface area contributed by atoms with Crippen LogP contribution in [0.1, 0.15) is 52.4 Å². The van der Waals surface area contributed by atoms with Crippen molar-refractivity contribution in [1.29, 1.82) is 5.26 Å². The van der Waals surface area contributed by atoms with Gasteiger partial charge in [0.15, 0.2) is 0 Å². The number of carbonyl (C=O) groups excluding carboxylic acids is 1. The molecule has 0 atom stereocenters. The van der Waals surface area contributed by atoms with Gasteiger partial charge in [0.1, 0.15) is 11.6 Å². The fourth-order valence-corrected chi connectivity index (χ4v) is 2.47. The molecule has 0 bridgehead atoms. The van der Waals surface area contributed by atoms with Crippen molar-refractivity contribution < 1.29 is 4.79 Å². The summed E-state index contributed by atoms with van der Waals surface area (Å²) < 4.78 is 0. The molecule has 0 heterocycles. The average Bonchev–Trinajstić information content (AvgIpc) is 2.89. The Hall–Kier alpha value is -1.50. The van der Waals surface area contributed by atoms with Crippen LogP contribution in [0.25, 0.3) is 0 Å². The van der Waals surface area contributed by atoms with Crippen molar-refractivity contribution in [2.24, 2.45) is 0 Å². The van der Waals surface area contributed by atoms with Crippen LogP contribution >= 0.6 is 0 Å². The maximum absolute atomic E-state index is 12.0. The van der Waals surface area contributed by atoms with Gasteiger partial charge >= 0.3 is 0 Å². The topological polar surface area (TPSA) is 56.1 Å². The molecule has 1 aliphatic rings. The van der Waals surface area contributed by atoms with E-state index in [1.807, 2.05) is 6.07 Å². The van der Waals surface area contributed by atoms with Crippen molar-refractivity contribution in [3.05, 3.63) is 11.8 Å². The summed E-state index contributed by atoms with van der Waals surface area (Å²) in [6.07, 6.45) is 8.18. The zero-order chi connectivity index (χ0) is 14.1. The second-order valence-electron chi connectivity index (χ2n) is 5.15.